The molecule has 0 atom stereocenters. The van der Waals surface area contributed by atoms with Gasteiger partial charge in [-0.1, -0.05) is 48.0 Å². The minimum absolute atomic E-state index is 0.0206. The van der Waals surface area contributed by atoms with Crippen molar-refractivity contribution in [3.63, 3.8) is 0 Å². The molecule has 0 saturated carbocycles. The molecule has 0 fully saturated rings. The maximum Gasteiger partial charge on any atom is 0.225 e. The molecule has 2 aromatic carbocycles. The summed E-state index contributed by atoms with van der Waals surface area (Å²) in [5.41, 5.74) is 1.90. The zero-order valence-corrected chi connectivity index (χ0v) is 12.8. The van der Waals surface area contributed by atoms with Crippen LogP contribution in [0.15, 0.2) is 54.6 Å². The third kappa shape index (κ3) is 5.21. The number of carbonyl (C=O) groups is 1. The minimum atomic E-state index is 0.0206. The highest BCUT2D eigenvalue weighted by atomic mass is 35.5. The Hall–Kier alpha value is -1.84. The predicted molar refractivity (Wildman–Crippen MR) is 87.5 cm³/mol. The second-order valence-electron chi connectivity index (χ2n) is 4.99. The van der Waals surface area contributed by atoms with Gasteiger partial charge < -0.3 is 10.2 Å². The number of rotatable bonds is 6. The van der Waals surface area contributed by atoms with Gasteiger partial charge in [0.15, 0.2) is 0 Å². The Kier molecular flexibility index (Phi) is 5.78. The van der Waals surface area contributed by atoms with Crippen LogP contribution in [-0.4, -0.2) is 24.4 Å². The number of benzene rings is 2. The lowest BCUT2D eigenvalue weighted by Crippen LogP contribution is -2.24. The maximum atomic E-state index is 11.9. The van der Waals surface area contributed by atoms with Crippen molar-refractivity contribution in [1.29, 1.82) is 0 Å². The molecule has 0 spiro atoms. The van der Waals surface area contributed by atoms with Crippen molar-refractivity contribution in [3.8, 4) is 0 Å². The van der Waals surface area contributed by atoms with E-state index in [2.05, 4.69) is 10.2 Å². The summed E-state index contributed by atoms with van der Waals surface area (Å²) < 4.78 is 0. The quantitative estimate of drug-likeness (QED) is 0.880. The predicted octanol–water partition coefficient (Wildman–Crippen LogP) is 3.80. The van der Waals surface area contributed by atoms with E-state index >= 15 is 0 Å². The van der Waals surface area contributed by atoms with Crippen molar-refractivity contribution in [3.05, 3.63) is 65.2 Å². The summed E-state index contributed by atoms with van der Waals surface area (Å²) in [5.74, 6) is 0.0206. The van der Waals surface area contributed by atoms with Crippen LogP contribution >= 0.6 is 11.6 Å². The van der Waals surface area contributed by atoms with Crippen LogP contribution in [0.5, 0.6) is 0 Å². The Morgan fingerprint density at radius 3 is 2.48 bits per heavy atom. The van der Waals surface area contributed by atoms with Crippen molar-refractivity contribution in [2.24, 2.45) is 0 Å². The Labute approximate surface area is 130 Å². The molecule has 0 unspecified atom stereocenters. The molecule has 0 radical (unpaired) electrons. The molecule has 1 amide bonds. The normalized spacial score (nSPS) is 10.6. The fourth-order valence-corrected chi connectivity index (χ4v) is 2.23. The Bertz CT molecular complexity index is 586. The first-order chi connectivity index (χ1) is 10.1. The molecule has 4 heteroatoms. The summed E-state index contributed by atoms with van der Waals surface area (Å²) in [7, 11) is 1.99. The smallest absolute Gasteiger partial charge is 0.225 e. The van der Waals surface area contributed by atoms with Crippen LogP contribution in [0.1, 0.15) is 12.0 Å². The first kappa shape index (κ1) is 15.5. The molecular formula is C17H19ClN2O. The molecule has 0 bridgehead atoms. The molecule has 1 N–H and O–H groups in total. The van der Waals surface area contributed by atoms with Crippen molar-refractivity contribution < 1.29 is 4.79 Å². The van der Waals surface area contributed by atoms with Gasteiger partial charge in [0, 0.05) is 30.2 Å². The third-order valence-corrected chi connectivity index (χ3v) is 3.54. The lowest BCUT2D eigenvalue weighted by molar-refractivity contribution is -0.116. The van der Waals surface area contributed by atoms with Gasteiger partial charge in [0.25, 0.3) is 0 Å². The second kappa shape index (κ2) is 7.81. The zero-order chi connectivity index (χ0) is 15.1. The Morgan fingerprint density at radius 1 is 1.10 bits per heavy atom. The van der Waals surface area contributed by atoms with Crippen LogP contribution in [0.3, 0.4) is 0 Å². The Morgan fingerprint density at radius 2 is 1.76 bits per heavy atom. The topological polar surface area (TPSA) is 32.3 Å². The van der Waals surface area contributed by atoms with E-state index in [1.165, 1.54) is 0 Å². The van der Waals surface area contributed by atoms with Crippen molar-refractivity contribution in [1.82, 2.24) is 4.90 Å². The van der Waals surface area contributed by atoms with Crippen LogP contribution in [0.25, 0.3) is 0 Å². The molecule has 2 rings (SSSR count). The lowest BCUT2D eigenvalue weighted by Gasteiger charge is -2.17. The molecule has 110 valence electrons. The van der Waals surface area contributed by atoms with Gasteiger partial charge in [-0.3, -0.25) is 4.79 Å². The highest BCUT2D eigenvalue weighted by molar-refractivity contribution is 6.31. The molecule has 3 nitrogen and oxygen atoms in total. The van der Waals surface area contributed by atoms with E-state index in [1.54, 1.807) is 0 Å². The largest absolute Gasteiger partial charge is 0.326 e. The number of amides is 1. The fraction of sp³-hybridized carbons (Fsp3) is 0.235. The van der Waals surface area contributed by atoms with Crippen molar-refractivity contribution >= 4 is 23.2 Å². The van der Waals surface area contributed by atoms with Crippen LogP contribution in [0.4, 0.5) is 5.69 Å². The standard InChI is InChI=1S/C17H19ClN2O/c1-20(13-14-7-5-6-10-16(14)18)12-11-17(21)19-15-8-3-2-4-9-15/h2-10H,11-13H2,1H3,(H,19,21). The van der Waals surface area contributed by atoms with Crippen LogP contribution in [0, 0.1) is 0 Å². The van der Waals surface area contributed by atoms with Gasteiger partial charge in [-0.05, 0) is 30.8 Å². The van der Waals surface area contributed by atoms with Gasteiger partial charge in [0.05, 0.1) is 0 Å². The summed E-state index contributed by atoms with van der Waals surface area (Å²) >= 11 is 6.13. The van der Waals surface area contributed by atoms with Crippen LogP contribution < -0.4 is 5.32 Å². The van der Waals surface area contributed by atoms with E-state index < -0.39 is 0 Å². The number of nitrogens with zero attached hydrogens (tertiary/aromatic N) is 1. The molecule has 0 aliphatic heterocycles. The maximum absolute atomic E-state index is 11.9. The van der Waals surface area contributed by atoms with Crippen LogP contribution in [0.2, 0.25) is 5.02 Å². The lowest BCUT2D eigenvalue weighted by atomic mass is 10.2. The first-order valence-corrected chi connectivity index (χ1v) is 7.30. The highest BCUT2D eigenvalue weighted by Gasteiger charge is 2.07. The molecule has 0 saturated heterocycles. The fourth-order valence-electron chi connectivity index (χ4n) is 2.03. The van der Waals surface area contributed by atoms with Gasteiger partial charge in [-0.25, -0.2) is 0 Å². The van der Waals surface area contributed by atoms with Gasteiger partial charge in [0.1, 0.15) is 0 Å². The molecular weight excluding hydrogens is 284 g/mol. The van der Waals surface area contributed by atoms with Gasteiger partial charge in [-0.2, -0.15) is 0 Å². The summed E-state index contributed by atoms with van der Waals surface area (Å²) in [6.07, 6.45) is 0.454. The zero-order valence-electron chi connectivity index (χ0n) is 12.1. The average molecular weight is 303 g/mol. The number of carbonyl (C=O) groups excluding carboxylic acids is 1. The van der Waals surface area contributed by atoms with Gasteiger partial charge >= 0.3 is 0 Å². The van der Waals surface area contributed by atoms with E-state index in [1.807, 2.05) is 61.6 Å². The van der Waals surface area contributed by atoms with Gasteiger partial charge in [0.2, 0.25) is 5.91 Å². The molecule has 2 aromatic rings. The Balaban J connectivity index is 1.77. The van der Waals surface area contributed by atoms with E-state index in [-0.39, 0.29) is 5.91 Å². The van der Waals surface area contributed by atoms with Crippen molar-refractivity contribution in [2.75, 3.05) is 18.9 Å². The summed E-state index contributed by atoms with van der Waals surface area (Å²) in [6, 6.07) is 17.3. The number of halogens is 1. The minimum Gasteiger partial charge on any atom is -0.326 e. The molecule has 0 heterocycles. The molecule has 0 aromatic heterocycles. The summed E-state index contributed by atoms with van der Waals surface area (Å²) in [4.78, 5) is 14.0. The van der Waals surface area contributed by atoms with Crippen LogP contribution in [-0.2, 0) is 11.3 Å². The number of hydrogen-bond donors (Lipinski definition) is 1. The van der Waals surface area contributed by atoms with E-state index in [4.69, 9.17) is 11.6 Å². The second-order valence-corrected chi connectivity index (χ2v) is 5.40. The van der Waals surface area contributed by atoms with E-state index in [0.29, 0.717) is 13.0 Å². The van der Waals surface area contributed by atoms with Gasteiger partial charge in [-0.15, -0.1) is 0 Å². The number of hydrogen-bond acceptors (Lipinski definition) is 2. The highest BCUT2D eigenvalue weighted by Crippen LogP contribution is 2.16. The molecule has 0 aliphatic carbocycles. The van der Waals surface area contributed by atoms with E-state index in [0.717, 1.165) is 22.8 Å². The summed E-state index contributed by atoms with van der Waals surface area (Å²) in [5, 5.41) is 3.64. The first-order valence-electron chi connectivity index (χ1n) is 6.92. The SMILES string of the molecule is CN(CCC(=O)Nc1ccccc1)Cc1ccccc1Cl. The van der Waals surface area contributed by atoms with Crippen molar-refractivity contribution in [2.45, 2.75) is 13.0 Å². The van der Waals surface area contributed by atoms with E-state index in [9.17, 15) is 4.79 Å². The molecule has 0 aliphatic rings. The molecule has 21 heavy (non-hydrogen) atoms. The number of para-hydroxylation sites is 1. The number of nitrogens with one attached hydrogen (secondary N) is 1. The third-order valence-electron chi connectivity index (χ3n) is 3.18. The average Bonchev–Trinajstić information content (AvgIpc) is 2.49. The monoisotopic (exact) mass is 302 g/mol. The summed E-state index contributed by atoms with van der Waals surface area (Å²) in [6.45, 7) is 1.42. The number of anilines is 1.